The molecule has 0 radical (unpaired) electrons. The van der Waals surface area contributed by atoms with Crippen molar-refractivity contribution in [2.24, 2.45) is 0 Å². The van der Waals surface area contributed by atoms with Crippen LogP contribution in [0.15, 0.2) is 0 Å². The second kappa shape index (κ2) is 5.89. The lowest BCUT2D eigenvalue weighted by atomic mass is 9.98. The van der Waals surface area contributed by atoms with Crippen molar-refractivity contribution in [1.82, 2.24) is 10.3 Å². The first kappa shape index (κ1) is 13.5. The topological polar surface area (TPSA) is 45.2 Å². The maximum atomic E-state index is 11.4. The minimum Gasteiger partial charge on any atom is -0.346 e. The van der Waals surface area contributed by atoms with E-state index in [1.165, 1.54) is 23.4 Å². The van der Waals surface area contributed by atoms with E-state index >= 15 is 0 Å². The van der Waals surface area contributed by atoms with Crippen LogP contribution in [0.4, 0.5) is 5.13 Å². The van der Waals surface area contributed by atoms with Gasteiger partial charge in [0, 0.05) is 46.3 Å². The van der Waals surface area contributed by atoms with Gasteiger partial charge in [0.2, 0.25) is 0 Å². The van der Waals surface area contributed by atoms with Gasteiger partial charge in [0.25, 0.3) is 0 Å². The van der Waals surface area contributed by atoms with Gasteiger partial charge in [-0.3, -0.25) is 4.21 Å². The van der Waals surface area contributed by atoms with E-state index in [-0.39, 0.29) is 0 Å². The third-order valence-corrected chi connectivity index (χ3v) is 6.39. The summed E-state index contributed by atoms with van der Waals surface area (Å²) in [5, 5.41) is 4.71. The Balaban J connectivity index is 1.79. The molecule has 0 amide bonds. The Morgan fingerprint density at radius 2 is 2.26 bits per heavy atom. The molecule has 6 heteroatoms. The van der Waals surface area contributed by atoms with Crippen molar-refractivity contribution in [1.29, 1.82) is 0 Å². The summed E-state index contributed by atoms with van der Waals surface area (Å²) in [7, 11) is -0.612. The molecule has 1 atom stereocenters. The number of rotatable bonds is 3. The smallest absolute Gasteiger partial charge is 0.185 e. The van der Waals surface area contributed by atoms with Crippen LogP contribution in [0.2, 0.25) is 0 Å². The lowest BCUT2D eigenvalue weighted by Crippen LogP contribution is -2.37. The lowest BCUT2D eigenvalue weighted by molar-refractivity contribution is 0.476. The average molecular weight is 299 g/mol. The first-order valence-electron chi connectivity index (χ1n) is 7.11. The SMILES string of the molecule is CCNC1CCCc2nc(N3CCS(=O)CC3)sc21. The molecule has 1 aliphatic heterocycles. The fraction of sp³-hybridized carbons (Fsp3) is 0.769. The molecular weight excluding hydrogens is 278 g/mol. The molecule has 1 fully saturated rings. The molecule has 2 heterocycles. The van der Waals surface area contributed by atoms with E-state index in [0.29, 0.717) is 6.04 Å². The van der Waals surface area contributed by atoms with Crippen molar-refractivity contribution in [2.45, 2.75) is 32.2 Å². The van der Waals surface area contributed by atoms with Crippen LogP contribution < -0.4 is 10.2 Å². The Kier molecular flexibility index (Phi) is 4.19. The van der Waals surface area contributed by atoms with E-state index in [1.807, 2.05) is 11.3 Å². The Labute approximate surface area is 121 Å². The van der Waals surface area contributed by atoms with Gasteiger partial charge >= 0.3 is 0 Å². The number of hydrogen-bond donors (Lipinski definition) is 1. The number of fused-ring (bicyclic) bond motifs is 1. The summed E-state index contributed by atoms with van der Waals surface area (Å²) in [6.07, 6.45) is 3.58. The van der Waals surface area contributed by atoms with Gasteiger partial charge in [-0.2, -0.15) is 0 Å². The summed E-state index contributed by atoms with van der Waals surface area (Å²) in [4.78, 5) is 8.59. The molecule has 1 N–H and O–H groups in total. The van der Waals surface area contributed by atoms with Crippen molar-refractivity contribution in [2.75, 3.05) is 36.0 Å². The maximum Gasteiger partial charge on any atom is 0.185 e. The van der Waals surface area contributed by atoms with Crippen molar-refractivity contribution < 1.29 is 4.21 Å². The predicted octanol–water partition coefficient (Wildman–Crippen LogP) is 1.70. The molecule has 106 valence electrons. The molecule has 0 aromatic carbocycles. The van der Waals surface area contributed by atoms with Crippen molar-refractivity contribution >= 4 is 27.3 Å². The van der Waals surface area contributed by atoms with E-state index in [9.17, 15) is 4.21 Å². The molecule has 1 aliphatic carbocycles. The predicted molar refractivity (Wildman–Crippen MR) is 81.6 cm³/mol. The summed E-state index contributed by atoms with van der Waals surface area (Å²) in [5.74, 6) is 1.59. The van der Waals surface area contributed by atoms with Gasteiger partial charge in [-0.1, -0.05) is 18.3 Å². The number of hydrogen-bond acceptors (Lipinski definition) is 5. The highest BCUT2D eigenvalue weighted by Crippen LogP contribution is 2.37. The fourth-order valence-electron chi connectivity index (χ4n) is 2.81. The minimum absolute atomic E-state index is 0.499. The highest BCUT2D eigenvalue weighted by molar-refractivity contribution is 7.85. The monoisotopic (exact) mass is 299 g/mol. The zero-order valence-corrected chi connectivity index (χ0v) is 13.0. The number of nitrogens with one attached hydrogen (secondary N) is 1. The number of nitrogens with zero attached hydrogens (tertiary/aromatic N) is 2. The summed E-state index contributed by atoms with van der Waals surface area (Å²) in [5.41, 5.74) is 1.30. The molecule has 1 saturated heterocycles. The Morgan fingerprint density at radius 1 is 1.47 bits per heavy atom. The largest absolute Gasteiger partial charge is 0.346 e. The van der Waals surface area contributed by atoms with Crippen LogP contribution in [0, 0.1) is 0 Å². The van der Waals surface area contributed by atoms with Gasteiger partial charge in [0.1, 0.15) is 0 Å². The maximum absolute atomic E-state index is 11.4. The van der Waals surface area contributed by atoms with E-state index in [2.05, 4.69) is 17.1 Å². The molecule has 1 unspecified atom stereocenters. The number of thiazole rings is 1. The van der Waals surface area contributed by atoms with Gasteiger partial charge in [0.05, 0.1) is 5.69 Å². The Bertz CT molecular complexity index is 464. The van der Waals surface area contributed by atoms with E-state index in [0.717, 1.165) is 42.7 Å². The summed E-state index contributed by atoms with van der Waals surface area (Å²) < 4.78 is 11.4. The highest BCUT2D eigenvalue weighted by Gasteiger charge is 2.26. The average Bonchev–Trinajstić information content (AvgIpc) is 2.85. The normalized spacial score (nSPS) is 24.5. The van der Waals surface area contributed by atoms with Crippen LogP contribution in [0.1, 0.15) is 36.4 Å². The van der Waals surface area contributed by atoms with Crippen molar-refractivity contribution in [3.05, 3.63) is 10.6 Å². The standard InChI is InChI=1S/C13H21N3OS2/c1-2-14-10-4-3-5-11-12(10)18-13(15-11)16-6-8-19(17)9-7-16/h10,14H,2-9H2,1H3. The minimum atomic E-state index is -0.612. The number of aryl methyl sites for hydroxylation is 1. The van der Waals surface area contributed by atoms with Crippen molar-refractivity contribution in [3.8, 4) is 0 Å². The first-order valence-corrected chi connectivity index (χ1v) is 9.41. The van der Waals surface area contributed by atoms with Gasteiger partial charge in [-0.15, -0.1) is 0 Å². The van der Waals surface area contributed by atoms with Crippen LogP contribution >= 0.6 is 11.3 Å². The van der Waals surface area contributed by atoms with E-state index in [4.69, 9.17) is 4.98 Å². The quantitative estimate of drug-likeness (QED) is 0.923. The molecular formula is C13H21N3OS2. The lowest BCUT2D eigenvalue weighted by Gasteiger charge is -2.25. The molecule has 1 aromatic heterocycles. The molecule has 4 nitrogen and oxygen atoms in total. The number of aromatic nitrogens is 1. The van der Waals surface area contributed by atoms with Gasteiger partial charge in [-0.25, -0.2) is 4.98 Å². The molecule has 0 spiro atoms. The van der Waals surface area contributed by atoms with E-state index < -0.39 is 10.8 Å². The fourth-order valence-corrected chi connectivity index (χ4v) is 5.14. The second-order valence-electron chi connectivity index (χ2n) is 5.14. The molecule has 2 aliphatic rings. The van der Waals surface area contributed by atoms with Crippen molar-refractivity contribution in [3.63, 3.8) is 0 Å². The van der Waals surface area contributed by atoms with Gasteiger partial charge in [0.15, 0.2) is 5.13 Å². The van der Waals surface area contributed by atoms with Crippen LogP contribution in [0.25, 0.3) is 0 Å². The van der Waals surface area contributed by atoms with Crippen LogP contribution in [0.5, 0.6) is 0 Å². The van der Waals surface area contributed by atoms with Crippen LogP contribution in [-0.4, -0.2) is 40.3 Å². The first-order chi connectivity index (χ1) is 9.28. The molecule has 0 bridgehead atoms. The third-order valence-electron chi connectivity index (χ3n) is 3.84. The zero-order chi connectivity index (χ0) is 13.2. The van der Waals surface area contributed by atoms with Crippen LogP contribution in [0.3, 0.4) is 0 Å². The Hall–Kier alpha value is -0.460. The summed E-state index contributed by atoms with van der Waals surface area (Å²) in [6, 6.07) is 0.499. The summed E-state index contributed by atoms with van der Waals surface area (Å²) >= 11 is 1.84. The molecule has 3 rings (SSSR count). The Morgan fingerprint density at radius 3 is 3.00 bits per heavy atom. The zero-order valence-electron chi connectivity index (χ0n) is 11.4. The van der Waals surface area contributed by atoms with Gasteiger partial charge in [-0.05, 0) is 25.8 Å². The van der Waals surface area contributed by atoms with E-state index in [1.54, 1.807) is 0 Å². The van der Waals surface area contributed by atoms with Gasteiger partial charge < -0.3 is 10.2 Å². The highest BCUT2D eigenvalue weighted by atomic mass is 32.2. The molecule has 19 heavy (non-hydrogen) atoms. The molecule has 0 saturated carbocycles. The third kappa shape index (κ3) is 2.85. The number of anilines is 1. The summed E-state index contributed by atoms with van der Waals surface area (Å²) in [6.45, 7) is 4.96. The van der Waals surface area contributed by atoms with Crippen LogP contribution in [-0.2, 0) is 17.2 Å². The second-order valence-corrected chi connectivity index (χ2v) is 7.85. The molecule has 1 aromatic rings.